The third-order valence-electron chi connectivity index (χ3n) is 7.81. The van der Waals surface area contributed by atoms with E-state index in [-0.39, 0.29) is 12.4 Å². The first-order valence-corrected chi connectivity index (χ1v) is 15.1. The third kappa shape index (κ3) is 21.0. The van der Waals surface area contributed by atoms with E-state index >= 15 is 0 Å². The van der Waals surface area contributed by atoms with Crippen LogP contribution in [0.5, 0.6) is 0 Å². The van der Waals surface area contributed by atoms with Gasteiger partial charge in [-0.15, -0.1) is 0 Å². The van der Waals surface area contributed by atoms with Gasteiger partial charge >= 0.3 is 0 Å². The maximum Gasteiger partial charge on any atom is 0.0971 e. The van der Waals surface area contributed by atoms with Gasteiger partial charge in [0, 0.05) is 0 Å². The van der Waals surface area contributed by atoms with Crippen LogP contribution < -0.4 is 12.4 Å². The van der Waals surface area contributed by atoms with Crippen molar-refractivity contribution in [3.05, 3.63) is 12.7 Å². The molecule has 1 nitrogen and oxygen atoms in total. The molecule has 0 amide bonds. The average Bonchev–Trinajstić information content (AvgIpc) is 2.79. The first kappa shape index (κ1) is 35.2. The number of rotatable bonds is 26. The highest BCUT2D eigenvalue weighted by atomic mass is 35.5. The lowest BCUT2D eigenvalue weighted by Crippen LogP contribution is -3.00. The van der Waals surface area contributed by atoms with Crippen LogP contribution in [0.15, 0.2) is 12.7 Å². The Hall–Kier alpha value is -0.0100. The molecule has 2 heteroatoms. The Kier molecular flexibility index (Phi) is 28.3. The molecule has 200 valence electrons. The van der Waals surface area contributed by atoms with Crippen molar-refractivity contribution in [2.75, 3.05) is 20.1 Å². The minimum Gasteiger partial charge on any atom is -1.00 e. The van der Waals surface area contributed by atoms with Crippen LogP contribution in [0.3, 0.4) is 0 Å². The summed E-state index contributed by atoms with van der Waals surface area (Å²) in [5.74, 6) is 0. The molecule has 0 aliphatic carbocycles. The highest BCUT2D eigenvalue weighted by molar-refractivity contribution is 4.69. The minimum atomic E-state index is 0. The Morgan fingerprint density at radius 3 is 1.30 bits per heavy atom. The first-order chi connectivity index (χ1) is 15.6. The highest BCUT2D eigenvalue weighted by Crippen LogP contribution is 2.22. The molecular weight excluding hydrogens is 422 g/mol. The monoisotopic (exact) mass is 485 g/mol. The molecular formula is C31H64ClN. The van der Waals surface area contributed by atoms with E-state index in [1.165, 1.54) is 152 Å². The molecule has 2 unspecified atom stereocenters. The number of hydrogen-bond acceptors (Lipinski definition) is 0. The maximum atomic E-state index is 4.07. The van der Waals surface area contributed by atoms with Crippen molar-refractivity contribution in [1.29, 1.82) is 0 Å². The van der Waals surface area contributed by atoms with Crippen LogP contribution in [-0.4, -0.2) is 30.7 Å². The van der Waals surface area contributed by atoms with E-state index in [2.05, 4.69) is 40.5 Å². The summed E-state index contributed by atoms with van der Waals surface area (Å²) >= 11 is 0. The van der Waals surface area contributed by atoms with E-state index in [4.69, 9.17) is 0 Å². The molecule has 0 heterocycles. The number of nitrogens with zero attached hydrogens (tertiary/aromatic N) is 1. The van der Waals surface area contributed by atoms with Gasteiger partial charge < -0.3 is 16.9 Å². The zero-order valence-corrected chi connectivity index (χ0v) is 24.4. The molecule has 0 bridgehead atoms. The largest absolute Gasteiger partial charge is 1.00 e. The molecule has 33 heavy (non-hydrogen) atoms. The molecule has 0 aliphatic heterocycles. The van der Waals surface area contributed by atoms with Gasteiger partial charge in [0.25, 0.3) is 0 Å². The van der Waals surface area contributed by atoms with E-state index < -0.39 is 0 Å². The van der Waals surface area contributed by atoms with Gasteiger partial charge in [-0.2, -0.15) is 0 Å². The fraction of sp³-hybridized carbons (Fsp3) is 0.935. The number of likely N-dealkylation sites (N-methyl/N-ethyl adjacent to an activating group) is 1. The van der Waals surface area contributed by atoms with Crippen LogP contribution in [0.25, 0.3) is 0 Å². The van der Waals surface area contributed by atoms with Gasteiger partial charge in [0.05, 0.1) is 26.2 Å². The number of halogens is 1. The zero-order chi connectivity index (χ0) is 23.8. The smallest absolute Gasteiger partial charge is 0.0971 e. The van der Waals surface area contributed by atoms with Crippen molar-refractivity contribution in [2.45, 2.75) is 168 Å². The van der Waals surface area contributed by atoms with E-state index in [1.54, 1.807) is 0 Å². The Labute approximate surface area is 217 Å². The Balaban J connectivity index is 0. The molecule has 0 fully saturated rings. The van der Waals surface area contributed by atoms with Gasteiger partial charge in [-0.3, -0.25) is 0 Å². The molecule has 0 rings (SSSR count). The summed E-state index contributed by atoms with van der Waals surface area (Å²) in [7, 11) is 2.49. The van der Waals surface area contributed by atoms with Gasteiger partial charge in [0.15, 0.2) is 0 Å². The van der Waals surface area contributed by atoms with Gasteiger partial charge in [0.2, 0.25) is 0 Å². The summed E-state index contributed by atoms with van der Waals surface area (Å²) in [5, 5.41) is 0. The Morgan fingerprint density at radius 1 is 0.576 bits per heavy atom. The molecule has 0 radical (unpaired) electrons. The van der Waals surface area contributed by atoms with Gasteiger partial charge in [-0.1, -0.05) is 137 Å². The third-order valence-corrected chi connectivity index (χ3v) is 7.81. The number of hydrogen-bond donors (Lipinski definition) is 0. The van der Waals surface area contributed by atoms with Crippen LogP contribution in [0, 0.1) is 0 Å². The second-order valence-electron chi connectivity index (χ2n) is 10.9. The predicted octanol–water partition coefficient (Wildman–Crippen LogP) is 7.63. The molecule has 0 aromatic heterocycles. The standard InChI is InChI=1S/C31H64N.ClH/c1-6-10-12-14-15-16-17-18-19-20-21-22-23-24-25-26-28-31(9-4)32(5,29-8-3)30-27-13-11-7-2;/h8,31H,3,6-7,9-30H2,1-2,4-5H3;1H/q+1;/p-1. The first-order valence-electron chi connectivity index (χ1n) is 15.1. The lowest BCUT2D eigenvalue weighted by molar-refractivity contribution is -0.929. The van der Waals surface area contributed by atoms with Crippen LogP contribution in [0.1, 0.15) is 162 Å². The fourth-order valence-electron chi connectivity index (χ4n) is 5.50. The predicted molar refractivity (Wildman–Crippen MR) is 148 cm³/mol. The van der Waals surface area contributed by atoms with Crippen molar-refractivity contribution in [1.82, 2.24) is 0 Å². The van der Waals surface area contributed by atoms with E-state index in [9.17, 15) is 0 Å². The lowest BCUT2D eigenvalue weighted by atomic mass is 9.99. The van der Waals surface area contributed by atoms with Crippen molar-refractivity contribution >= 4 is 0 Å². The van der Waals surface area contributed by atoms with Crippen LogP contribution >= 0.6 is 0 Å². The van der Waals surface area contributed by atoms with Crippen LogP contribution in [0.2, 0.25) is 0 Å². The highest BCUT2D eigenvalue weighted by Gasteiger charge is 2.29. The number of unbranched alkanes of at least 4 members (excludes halogenated alkanes) is 18. The number of quaternary nitrogens is 1. The van der Waals surface area contributed by atoms with Gasteiger partial charge in [-0.25, -0.2) is 0 Å². The molecule has 0 saturated carbocycles. The SMILES string of the molecule is C=CC[N+](C)(CCCCCC)C(CC)CCCCCCCCCCCCCCCCCC.[Cl-]. The summed E-state index contributed by atoms with van der Waals surface area (Å²) in [6.45, 7) is 13.6. The maximum absolute atomic E-state index is 4.07. The zero-order valence-electron chi connectivity index (χ0n) is 23.7. The molecule has 0 spiro atoms. The summed E-state index contributed by atoms with van der Waals surface area (Å²) in [5.41, 5.74) is 0. The second kappa shape index (κ2) is 26.6. The Bertz CT molecular complexity index is 383. The van der Waals surface area contributed by atoms with Crippen molar-refractivity contribution in [3.8, 4) is 0 Å². The molecule has 0 aromatic carbocycles. The second-order valence-corrected chi connectivity index (χ2v) is 10.9. The van der Waals surface area contributed by atoms with Crippen molar-refractivity contribution in [2.24, 2.45) is 0 Å². The normalized spacial score (nSPS) is 13.9. The summed E-state index contributed by atoms with van der Waals surface area (Å²) in [6.07, 6.45) is 33.7. The van der Waals surface area contributed by atoms with Crippen LogP contribution in [0.4, 0.5) is 0 Å². The molecule has 0 aromatic rings. The van der Waals surface area contributed by atoms with E-state index in [0.29, 0.717) is 0 Å². The average molecular weight is 486 g/mol. The van der Waals surface area contributed by atoms with E-state index in [1.807, 2.05) is 0 Å². The quantitative estimate of drug-likeness (QED) is 0.0670. The fourth-order valence-corrected chi connectivity index (χ4v) is 5.50. The molecule has 0 aliphatic rings. The summed E-state index contributed by atoms with van der Waals surface area (Å²) < 4.78 is 1.22. The minimum absolute atomic E-state index is 0. The van der Waals surface area contributed by atoms with Crippen molar-refractivity contribution in [3.63, 3.8) is 0 Å². The summed E-state index contributed by atoms with van der Waals surface area (Å²) in [4.78, 5) is 0. The van der Waals surface area contributed by atoms with Crippen molar-refractivity contribution < 1.29 is 16.9 Å². The summed E-state index contributed by atoms with van der Waals surface area (Å²) in [6, 6.07) is 0.821. The lowest BCUT2D eigenvalue weighted by Gasteiger charge is -2.41. The molecule has 0 N–H and O–H groups in total. The van der Waals surface area contributed by atoms with Gasteiger partial charge in [0.1, 0.15) is 0 Å². The Morgan fingerprint density at radius 2 is 0.939 bits per heavy atom. The molecule has 0 saturated heterocycles. The van der Waals surface area contributed by atoms with Crippen LogP contribution in [-0.2, 0) is 0 Å². The van der Waals surface area contributed by atoms with Gasteiger partial charge in [-0.05, 0) is 38.2 Å². The topological polar surface area (TPSA) is 0 Å². The van der Waals surface area contributed by atoms with E-state index in [0.717, 1.165) is 12.6 Å². The molecule has 2 atom stereocenters.